The molecule has 1 amide bonds. The van der Waals surface area contributed by atoms with E-state index >= 15 is 0 Å². The molecular weight excluding hydrogens is 484 g/mol. The van der Waals surface area contributed by atoms with Gasteiger partial charge in [-0.2, -0.15) is 0 Å². The van der Waals surface area contributed by atoms with Crippen LogP contribution in [0, 0.1) is 11.8 Å². The second kappa shape index (κ2) is 7.89. The molecule has 2 aromatic heterocycles. The summed E-state index contributed by atoms with van der Waals surface area (Å²) in [7, 11) is -3.22. The molecule has 3 aliphatic rings. The number of rotatable bonds is 4. The number of aromatic nitrogens is 2. The molecule has 0 unspecified atom stereocenters. The number of carbonyl (C=O) groups is 1. The molecule has 2 N–H and O–H groups in total. The Morgan fingerprint density at radius 2 is 1.78 bits per heavy atom. The number of nitrogens with one attached hydrogen (secondary N) is 2. The molecule has 3 heterocycles. The number of pyridine rings is 2. The largest absolute Gasteiger partial charge is 0.340 e. The first kappa shape index (κ1) is 22.0. The first-order valence-corrected chi connectivity index (χ1v) is 13.8. The van der Waals surface area contributed by atoms with E-state index in [1.54, 1.807) is 36.7 Å². The van der Waals surface area contributed by atoms with Crippen LogP contribution in [0.1, 0.15) is 42.5 Å². The Balaban J connectivity index is 1.16. The van der Waals surface area contributed by atoms with Gasteiger partial charge in [0.25, 0.3) is 0 Å². The molecular formula is C29H22N4O3S. The van der Waals surface area contributed by atoms with Crippen molar-refractivity contribution in [2.45, 2.75) is 41.2 Å². The predicted octanol–water partition coefficient (Wildman–Crippen LogP) is 4.69. The molecule has 2 saturated carbocycles. The van der Waals surface area contributed by atoms with Gasteiger partial charge in [-0.1, -0.05) is 12.0 Å². The average molecular weight is 507 g/mol. The molecule has 1 spiro atoms. The highest BCUT2D eigenvalue weighted by atomic mass is 32.2. The van der Waals surface area contributed by atoms with E-state index in [1.807, 2.05) is 30.3 Å². The summed E-state index contributed by atoms with van der Waals surface area (Å²) < 4.78 is 24.9. The maximum absolute atomic E-state index is 12.4. The van der Waals surface area contributed by atoms with E-state index in [0.717, 1.165) is 59.0 Å². The van der Waals surface area contributed by atoms with Crippen LogP contribution in [-0.4, -0.2) is 29.5 Å². The molecule has 7 rings (SSSR count). The first-order valence-electron chi connectivity index (χ1n) is 12.3. The highest BCUT2D eigenvalue weighted by Crippen LogP contribution is 2.55. The number of amides is 1. The molecule has 0 radical (unpaired) electrons. The zero-order valence-electron chi connectivity index (χ0n) is 19.8. The van der Waals surface area contributed by atoms with Crippen molar-refractivity contribution in [1.82, 2.24) is 9.97 Å². The molecule has 4 aromatic rings. The van der Waals surface area contributed by atoms with Crippen LogP contribution in [0.25, 0.3) is 10.8 Å². The monoisotopic (exact) mass is 506 g/mol. The quantitative estimate of drug-likeness (QED) is 0.390. The SMILES string of the molecule is O=C1Nc2cc(C#Cc3nccc4cnc(Nc5ccc(S(=O)(=O)C6CC6)cc5)cc34)ccc2C12CC2. The van der Waals surface area contributed by atoms with Crippen molar-refractivity contribution in [3.63, 3.8) is 0 Å². The summed E-state index contributed by atoms with van der Waals surface area (Å²) >= 11 is 0. The third-order valence-electron chi connectivity index (χ3n) is 7.36. The second-order valence-electron chi connectivity index (χ2n) is 9.89. The summed E-state index contributed by atoms with van der Waals surface area (Å²) in [4.78, 5) is 21.6. The molecule has 0 bridgehead atoms. The normalized spacial score (nSPS) is 17.1. The topological polar surface area (TPSA) is 101 Å². The Bertz CT molecular complexity index is 1780. The lowest BCUT2D eigenvalue weighted by Crippen LogP contribution is -2.18. The van der Waals surface area contributed by atoms with Crippen molar-refractivity contribution < 1.29 is 13.2 Å². The van der Waals surface area contributed by atoms with E-state index in [4.69, 9.17) is 0 Å². The van der Waals surface area contributed by atoms with Crippen LogP contribution in [0.15, 0.2) is 71.9 Å². The Morgan fingerprint density at radius 3 is 2.54 bits per heavy atom. The molecule has 37 heavy (non-hydrogen) atoms. The van der Waals surface area contributed by atoms with Crippen molar-refractivity contribution in [3.8, 4) is 11.8 Å². The summed E-state index contributed by atoms with van der Waals surface area (Å²) in [6.07, 6.45) is 6.77. The number of hydrogen-bond acceptors (Lipinski definition) is 6. The lowest BCUT2D eigenvalue weighted by atomic mass is 9.97. The molecule has 2 fully saturated rings. The van der Waals surface area contributed by atoms with Crippen LogP contribution in [0.5, 0.6) is 0 Å². The average Bonchev–Trinajstić information content (AvgIpc) is 3.81. The van der Waals surface area contributed by atoms with Gasteiger partial charge in [-0.25, -0.2) is 18.4 Å². The number of fused-ring (bicyclic) bond motifs is 3. The predicted molar refractivity (Wildman–Crippen MR) is 141 cm³/mol. The fourth-order valence-corrected chi connectivity index (χ4v) is 6.60. The van der Waals surface area contributed by atoms with E-state index in [-0.39, 0.29) is 16.6 Å². The summed E-state index contributed by atoms with van der Waals surface area (Å²) in [5, 5.41) is 7.77. The van der Waals surface area contributed by atoms with Crippen LogP contribution >= 0.6 is 0 Å². The van der Waals surface area contributed by atoms with Gasteiger partial charge in [0, 0.05) is 40.1 Å². The van der Waals surface area contributed by atoms with E-state index in [9.17, 15) is 13.2 Å². The van der Waals surface area contributed by atoms with Crippen molar-refractivity contribution in [3.05, 3.63) is 83.8 Å². The number of hydrogen-bond donors (Lipinski definition) is 2. The smallest absolute Gasteiger partial charge is 0.235 e. The minimum Gasteiger partial charge on any atom is -0.340 e. The lowest BCUT2D eigenvalue weighted by Gasteiger charge is -2.09. The summed E-state index contributed by atoms with van der Waals surface area (Å²) in [6, 6.07) is 16.5. The third kappa shape index (κ3) is 3.74. The van der Waals surface area contributed by atoms with E-state index in [0.29, 0.717) is 16.4 Å². The summed E-state index contributed by atoms with van der Waals surface area (Å²) in [5.41, 5.74) is 3.80. The minimum atomic E-state index is -3.22. The van der Waals surface area contributed by atoms with Crippen molar-refractivity contribution in [2.24, 2.45) is 0 Å². The van der Waals surface area contributed by atoms with Crippen LogP contribution in [0.2, 0.25) is 0 Å². The number of benzene rings is 2. The molecule has 1 aliphatic heterocycles. The molecule has 7 nitrogen and oxygen atoms in total. The molecule has 2 aliphatic carbocycles. The molecule has 2 aromatic carbocycles. The van der Waals surface area contributed by atoms with Crippen LogP contribution in [-0.2, 0) is 20.0 Å². The highest BCUT2D eigenvalue weighted by Gasteiger charge is 2.56. The highest BCUT2D eigenvalue weighted by molar-refractivity contribution is 7.92. The zero-order valence-corrected chi connectivity index (χ0v) is 20.6. The Labute approximate surface area is 214 Å². The van der Waals surface area contributed by atoms with Gasteiger partial charge in [0.05, 0.1) is 15.6 Å². The number of carbonyl (C=O) groups excluding carboxylic acids is 1. The van der Waals surface area contributed by atoms with Crippen molar-refractivity contribution >= 4 is 43.7 Å². The van der Waals surface area contributed by atoms with E-state index < -0.39 is 9.84 Å². The van der Waals surface area contributed by atoms with Crippen LogP contribution < -0.4 is 10.6 Å². The van der Waals surface area contributed by atoms with Crippen molar-refractivity contribution in [2.75, 3.05) is 10.6 Å². The van der Waals surface area contributed by atoms with E-state index in [2.05, 4.69) is 32.4 Å². The third-order valence-corrected chi connectivity index (χ3v) is 9.64. The fourth-order valence-electron chi connectivity index (χ4n) is 4.94. The van der Waals surface area contributed by atoms with Gasteiger partial charge >= 0.3 is 0 Å². The summed E-state index contributed by atoms with van der Waals surface area (Å²) in [6.45, 7) is 0. The Kier molecular flexibility index (Phi) is 4.69. The molecule has 182 valence electrons. The number of nitrogens with zero attached hydrogens (tertiary/aromatic N) is 2. The number of sulfone groups is 1. The minimum absolute atomic E-state index is 0.0926. The zero-order chi connectivity index (χ0) is 25.2. The Hall–Kier alpha value is -4.22. The second-order valence-corrected chi connectivity index (χ2v) is 12.1. The molecule has 0 saturated heterocycles. The van der Waals surface area contributed by atoms with Crippen molar-refractivity contribution in [1.29, 1.82) is 0 Å². The fraction of sp³-hybridized carbons (Fsp3) is 0.207. The Morgan fingerprint density at radius 1 is 0.973 bits per heavy atom. The summed E-state index contributed by atoms with van der Waals surface area (Å²) in [5.74, 6) is 7.07. The van der Waals surface area contributed by atoms with Gasteiger partial charge in [-0.05, 0) is 85.7 Å². The van der Waals surface area contributed by atoms with Gasteiger partial charge in [-0.15, -0.1) is 0 Å². The van der Waals surface area contributed by atoms with Crippen LogP contribution in [0.3, 0.4) is 0 Å². The van der Waals surface area contributed by atoms with Crippen LogP contribution in [0.4, 0.5) is 17.2 Å². The molecule has 8 heteroatoms. The van der Waals surface area contributed by atoms with Gasteiger partial charge in [-0.3, -0.25) is 4.79 Å². The van der Waals surface area contributed by atoms with Gasteiger partial charge in [0.2, 0.25) is 5.91 Å². The first-order chi connectivity index (χ1) is 17.9. The van der Waals surface area contributed by atoms with E-state index in [1.165, 1.54) is 0 Å². The molecule has 0 atom stereocenters. The maximum Gasteiger partial charge on any atom is 0.235 e. The number of anilines is 3. The van der Waals surface area contributed by atoms with Gasteiger partial charge in [0.15, 0.2) is 9.84 Å². The maximum atomic E-state index is 12.4. The standard InChI is InChI=1S/C29H22N4O3S/c34-28-29(12-13-29)24-9-1-18(15-26(24)33-28)2-10-25-23-16-27(31-17-19(23)11-14-30-25)32-20-3-5-21(6-4-20)37(35,36)22-7-8-22/h1,3-6,9,11,14-17,22H,7-8,12-13H2,(H,31,32)(H,33,34). The lowest BCUT2D eigenvalue weighted by molar-refractivity contribution is -0.117. The van der Waals surface area contributed by atoms with Gasteiger partial charge < -0.3 is 10.6 Å². The van der Waals surface area contributed by atoms with Gasteiger partial charge in [0.1, 0.15) is 11.5 Å².